The molecule has 0 spiro atoms. The van der Waals surface area contributed by atoms with E-state index in [-0.39, 0.29) is 0 Å². The molecule has 0 aliphatic carbocycles. The molecule has 7 heteroatoms. The third-order valence-electron chi connectivity index (χ3n) is 2.82. The summed E-state index contributed by atoms with van der Waals surface area (Å²) in [5.74, 6) is 0. The van der Waals surface area contributed by atoms with Crippen molar-refractivity contribution in [1.82, 2.24) is 9.71 Å². The molecular weight excluding hydrogens is 276 g/mol. The standard InChI is InChI=1S/C13H18N4O2S/c1-20(18,19)17-8-4-7-15-13-10-5-2-3-6-12(10)16-9-11(13)14/h2-3,5-6,9,17H,4,7-8,14H2,1H3,(H,15,16). The monoisotopic (exact) mass is 294 g/mol. The lowest BCUT2D eigenvalue weighted by Crippen LogP contribution is -2.24. The quantitative estimate of drug-likeness (QED) is 0.695. The highest BCUT2D eigenvalue weighted by Gasteiger charge is 2.05. The van der Waals surface area contributed by atoms with Crippen molar-refractivity contribution in [3.8, 4) is 0 Å². The Morgan fingerprint density at radius 3 is 2.75 bits per heavy atom. The number of para-hydroxylation sites is 1. The van der Waals surface area contributed by atoms with Gasteiger partial charge >= 0.3 is 0 Å². The van der Waals surface area contributed by atoms with Gasteiger partial charge in [-0.1, -0.05) is 18.2 Å². The lowest BCUT2D eigenvalue weighted by atomic mass is 10.1. The van der Waals surface area contributed by atoms with E-state index in [0.717, 1.165) is 22.8 Å². The summed E-state index contributed by atoms with van der Waals surface area (Å²) in [6.45, 7) is 1.02. The molecule has 0 aliphatic heterocycles. The molecule has 0 unspecified atom stereocenters. The zero-order chi connectivity index (χ0) is 14.6. The number of hydrogen-bond acceptors (Lipinski definition) is 5. The van der Waals surface area contributed by atoms with Gasteiger partial charge < -0.3 is 11.1 Å². The lowest BCUT2D eigenvalue weighted by Gasteiger charge is -2.12. The van der Waals surface area contributed by atoms with Gasteiger partial charge in [-0.2, -0.15) is 0 Å². The third-order valence-corrected chi connectivity index (χ3v) is 3.55. The molecule has 0 saturated carbocycles. The first-order valence-corrected chi connectivity index (χ1v) is 8.18. The van der Waals surface area contributed by atoms with Crippen LogP contribution in [-0.2, 0) is 10.0 Å². The van der Waals surface area contributed by atoms with Crippen LogP contribution in [0.1, 0.15) is 6.42 Å². The number of rotatable bonds is 6. The van der Waals surface area contributed by atoms with E-state index in [2.05, 4.69) is 15.0 Å². The van der Waals surface area contributed by atoms with E-state index in [4.69, 9.17) is 5.73 Å². The fourth-order valence-electron chi connectivity index (χ4n) is 1.91. The maximum atomic E-state index is 10.9. The van der Waals surface area contributed by atoms with Crippen molar-refractivity contribution in [3.05, 3.63) is 30.5 Å². The predicted molar refractivity (Wildman–Crippen MR) is 82.1 cm³/mol. The number of nitrogens with one attached hydrogen (secondary N) is 2. The highest BCUT2D eigenvalue weighted by Crippen LogP contribution is 2.27. The molecule has 0 fully saturated rings. The molecule has 1 aromatic carbocycles. The highest BCUT2D eigenvalue weighted by molar-refractivity contribution is 7.88. The van der Waals surface area contributed by atoms with Crippen LogP contribution in [0.3, 0.4) is 0 Å². The smallest absolute Gasteiger partial charge is 0.208 e. The summed E-state index contributed by atoms with van der Waals surface area (Å²) in [6, 6.07) is 7.73. The van der Waals surface area contributed by atoms with Gasteiger partial charge in [0.25, 0.3) is 0 Å². The van der Waals surface area contributed by atoms with E-state index >= 15 is 0 Å². The van der Waals surface area contributed by atoms with Crippen LogP contribution in [0.25, 0.3) is 10.9 Å². The van der Waals surface area contributed by atoms with Gasteiger partial charge in [0.1, 0.15) is 0 Å². The second-order valence-corrected chi connectivity index (χ2v) is 6.39. The SMILES string of the molecule is CS(=O)(=O)NCCCNc1c(N)cnc2ccccc12. The van der Waals surface area contributed by atoms with Gasteiger partial charge in [0.05, 0.1) is 29.3 Å². The van der Waals surface area contributed by atoms with Crippen molar-refractivity contribution in [3.63, 3.8) is 0 Å². The highest BCUT2D eigenvalue weighted by atomic mass is 32.2. The number of nitrogen functional groups attached to an aromatic ring is 1. The van der Waals surface area contributed by atoms with E-state index in [1.54, 1.807) is 6.20 Å². The van der Waals surface area contributed by atoms with Crippen LogP contribution in [-0.4, -0.2) is 32.7 Å². The number of anilines is 2. The maximum Gasteiger partial charge on any atom is 0.208 e. The van der Waals surface area contributed by atoms with Crippen molar-refractivity contribution >= 4 is 32.3 Å². The Morgan fingerprint density at radius 1 is 1.25 bits per heavy atom. The van der Waals surface area contributed by atoms with Crippen molar-refractivity contribution in [2.24, 2.45) is 0 Å². The molecule has 2 rings (SSSR count). The molecule has 0 aliphatic rings. The van der Waals surface area contributed by atoms with E-state index in [1.165, 1.54) is 0 Å². The summed E-state index contributed by atoms with van der Waals surface area (Å²) in [7, 11) is -3.12. The number of fused-ring (bicyclic) bond motifs is 1. The number of nitrogens with zero attached hydrogens (tertiary/aromatic N) is 1. The first-order chi connectivity index (χ1) is 9.47. The van der Waals surface area contributed by atoms with Gasteiger partial charge in [-0.3, -0.25) is 4.98 Å². The van der Waals surface area contributed by atoms with Gasteiger partial charge in [0.15, 0.2) is 0 Å². The molecule has 4 N–H and O–H groups in total. The topological polar surface area (TPSA) is 97.1 Å². The molecule has 6 nitrogen and oxygen atoms in total. The number of nitrogens with two attached hydrogens (primary N) is 1. The number of pyridine rings is 1. The second-order valence-electron chi connectivity index (χ2n) is 4.55. The van der Waals surface area contributed by atoms with Crippen LogP contribution in [0, 0.1) is 0 Å². The van der Waals surface area contributed by atoms with E-state index in [9.17, 15) is 8.42 Å². The summed E-state index contributed by atoms with van der Waals surface area (Å²) in [5, 5.41) is 4.20. The number of benzene rings is 1. The van der Waals surface area contributed by atoms with E-state index in [1.807, 2.05) is 24.3 Å². The largest absolute Gasteiger partial charge is 0.396 e. The average Bonchev–Trinajstić information content (AvgIpc) is 2.39. The van der Waals surface area contributed by atoms with Crippen molar-refractivity contribution in [2.45, 2.75) is 6.42 Å². The van der Waals surface area contributed by atoms with Gasteiger partial charge in [-0.15, -0.1) is 0 Å². The van der Waals surface area contributed by atoms with E-state index < -0.39 is 10.0 Å². The predicted octanol–water partition coefficient (Wildman–Crippen LogP) is 1.17. The Kier molecular flexibility index (Phi) is 4.41. The molecule has 0 bridgehead atoms. The van der Waals surface area contributed by atoms with Crippen molar-refractivity contribution < 1.29 is 8.42 Å². The summed E-state index contributed by atoms with van der Waals surface area (Å²) in [6.07, 6.45) is 3.44. The van der Waals surface area contributed by atoms with Crippen LogP contribution in [0.5, 0.6) is 0 Å². The molecule has 0 amide bonds. The summed E-state index contributed by atoms with van der Waals surface area (Å²) in [5.41, 5.74) is 8.23. The minimum Gasteiger partial charge on any atom is -0.396 e. The molecule has 1 heterocycles. The Labute approximate surface area is 118 Å². The number of sulfonamides is 1. The van der Waals surface area contributed by atoms with Gasteiger partial charge in [0.2, 0.25) is 10.0 Å². The second kappa shape index (κ2) is 6.06. The average molecular weight is 294 g/mol. The fraction of sp³-hybridized carbons (Fsp3) is 0.308. The molecular formula is C13H18N4O2S. The lowest BCUT2D eigenvalue weighted by molar-refractivity contribution is 0.586. The Morgan fingerprint density at radius 2 is 2.00 bits per heavy atom. The Balaban J connectivity index is 2.01. The number of hydrogen-bond donors (Lipinski definition) is 3. The normalized spacial score (nSPS) is 11.7. The van der Waals surface area contributed by atoms with Crippen LogP contribution in [0.2, 0.25) is 0 Å². The molecule has 2 aromatic rings. The first kappa shape index (κ1) is 14.5. The fourth-order valence-corrected chi connectivity index (χ4v) is 2.43. The number of aromatic nitrogens is 1. The minimum atomic E-state index is -3.12. The van der Waals surface area contributed by atoms with Crippen molar-refractivity contribution in [2.75, 3.05) is 30.4 Å². The van der Waals surface area contributed by atoms with Gasteiger partial charge in [0, 0.05) is 18.5 Å². The Bertz CT molecular complexity index is 701. The van der Waals surface area contributed by atoms with Gasteiger partial charge in [-0.25, -0.2) is 13.1 Å². The molecule has 108 valence electrons. The maximum absolute atomic E-state index is 10.9. The molecule has 1 aromatic heterocycles. The molecule has 0 atom stereocenters. The van der Waals surface area contributed by atoms with Gasteiger partial charge in [-0.05, 0) is 12.5 Å². The minimum absolute atomic E-state index is 0.398. The third kappa shape index (κ3) is 3.82. The molecule has 0 saturated heterocycles. The van der Waals surface area contributed by atoms with Crippen LogP contribution >= 0.6 is 0 Å². The molecule has 0 radical (unpaired) electrons. The van der Waals surface area contributed by atoms with Crippen molar-refractivity contribution in [1.29, 1.82) is 0 Å². The van der Waals surface area contributed by atoms with Crippen LogP contribution in [0.4, 0.5) is 11.4 Å². The first-order valence-electron chi connectivity index (χ1n) is 6.29. The summed E-state index contributed by atoms with van der Waals surface area (Å²) >= 11 is 0. The summed E-state index contributed by atoms with van der Waals surface area (Å²) < 4.78 is 24.3. The molecule has 20 heavy (non-hydrogen) atoms. The van der Waals surface area contributed by atoms with Crippen LogP contribution in [0.15, 0.2) is 30.5 Å². The zero-order valence-electron chi connectivity index (χ0n) is 11.3. The van der Waals surface area contributed by atoms with E-state index in [0.29, 0.717) is 25.2 Å². The summed E-state index contributed by atoms with van der Waals surface area (Å²) in [4.78, 5) is 4.26. The van der Waals surface area contributed by atoms with Crippen LogP contribution < -0.4 is 15.8 Å². The zero-order valence-corrected chi connectivity index (χ0v) is 12.1. The Hall–Kier alpha value is -1.86.